The SMILES string of the molecule is CCC(NC1CCCCC1C)c1ccccc1F. The zero-order valence-electron chi connectivity index (χ0n) is 11.5. The van der Waals surface area contributed by atoms with E-state index in [9.17, 15) is 4.39 Å². The topological polar surface area (TPSA) is 12.0 Å². The van der Waals surface area contributed by atoms with Crippen LogP contribution in [0.25, 0.3) is 0 Å². The molecule has 0 spiro atoms. The lowest BCUT2D eigenvalue weighted by Crippen LogP contribution is -2.39. The van der Waals surface area contributed by atoms with E-state index in [4.69, 9.17) is 0 Å². The lowest BCUT2D eigenvalue weighted by Gasteiger charge is -2.33. The van der Waals surface area contributed by atoms with Crippen molar-refractivity contribution in [3.05, 3.63) is 35.6 Å². The largest absolute Gasteiger partial charge is 0.307 e. The maximum Gasteiger partial charge on any atom is 0.127 e. The maximum atomic E-state index is 13.8. The molecular weight excluding hydrogens is 225 g/mol. The Bertz CT molecular complexity index is 377. The minimum absolute atomic E-state index is 0.0830. The van der Waals surface area contributed by atoms with E-state index >= 15 is 0 Å². The van der Waals surface area contributed by atoms with Gasteiger partial charge >= 0.3 is 0 Å². The van der Waals surface area contributed by atoms with E-state index in [2.05, 4.69) is 19.2 Å². The smallest absolute Gasteiger partial charge is 0.127 e. The molecule has 0 amide bonds. The van der Waals surface area contributed by atoms with Crippen molar-refractivity contribution in [2.75, 3.05) is 0 Å². The molecule has 2 heteroatoms. The number of benzene rings is 1. The summed E-state index contributed by atoms with van der Waals surface area (Å²) in [6.07, 6.45) is 6.10. The van der Waals surface area contributed by atoms with Crippen LogP contribution in [0, 0.1) is 11.7 Å². The zero-order valence-corrected chi connectivity index (χ0v) is 11.5. The fourth-order valence-corrected chi connectivity index (χ4v) is 3.01. The Labute approximate surface area is 110 Å². The molecule has 1 saturated carbocycles. The van der Waals surface area contributed by atoms with Gasteiger partial charge in [0, 0.05) is 17.6 Å². The second kappa shape index (κ2) is 6.33. The molecule has 3 atom stereocenters. The zero-order chi connectivity index (χ0) is 13.0. The summed E-state index contributed by atoms with van der Waals surface area (Å²) in [5, 5.41) is 3.67. The Morgan fingerprint density at radius 3 is 2.67 bits per heavy atom. The van der Waals surface area contributed by atoms with Crippen molar-refractivity contribution in [2.24, 2.45) is 5.92 Å². The van der Waals surface area contributed by atoms with Crippen LogP contribution in [0.15, 0.2) is 24.3 Å². The minimum atomic E-state index is -0.0830. The second-order valence-electron chi connectivity index (χ2n) is 5.52. The van der Waals surface area contributed by atoms with Crippen LogP contribution >= 0.6 is 0 Å². The standard InChI is InChI=1S/C16H24FN/c1-3-15(13-9-5-6-10-14(13)17)18-16-11-7-4-8-12(16)2/h5-6,9-10,12,15-16,18H,3-4,7-8,11H2,1-2H3. The summed E-state index contributed by atoms with van der Waals surface area (Å²) in [7, 11) is 0. The predicted molar refractivity (Wildman–Crippen MR) is 74.0 cm³/mol. The van der Waals surface area contributed by atoms with Crippen molar-refractivity contribution in [3.63, 3.8) is 0 Å². The van der Waals surface area contributed by atoms with Gasteiger partial charge < -0.3 is 5.32 Å². The van der Waals surface area contributed by atoms with Crippen LogP contribution in [-0.2, 0) is 0 Å². The molecule has 0 aromatic heterocycles. The van der Waals surface area contributed by atoms with Gasteiger partial charge in [-0.25, -0.2) is 4.39 Å². The Balaban J connectivity index is 2.07. The van der Waals surface area contributed by atoms with E-state index in [1.807, 2.05) is 12.1 Å². The van der Waals surface area contributed by atoms with Gasteiger partial charge in [-0.2, -0.15) is 0 Å². The summed E-state index contributed by atoms with van der Waals surface area (Å²) < 4.78 is 13.8. The van der Waals surface area contributed by atoms with Gasteiger partial charge in [0.2, 0.25) is 0 Å². The average Bonchev–Trinajstić information content (AvgIpc) is 2.39. The second-order valence-corrected chi connectivity index (χ2v) is 5.52. The summed E-state index contributed by atoms with van der Waals surface area (Å²) in [5.41, 5.74) is 0.817. The molecule has 1 nitrogen and oxygen atoms in total. The van der Waals surface area contributed by atoms with Gasteiger partial charge in [0.1, 0.15) is 5.82 Å². The van der Waals surface area contributed by atoms with Gasteiger partial charge in [-0.1, -0.05) is 44.9 Å². The monoisotopic (exact) mass is 249 g/mol. The summed E-state index contributed by atoms with van der Waals surface area (Å²) in [4.78, 5) is 0. The Kier molecular flexibility index (Phi) is 4.76. The number of hydrogen-bond acceptors (Lipinski definition) is 1. The van der Waals surface area contributed by atoms with Crippen LogP contribution in [0.5, 0.6) is 0 Å². The predicted octanol–water partition coefficient (Wildman–Crippen LogP) is 4.45. The van der Waals surface area contributed by atoms with Gasteiger partial charge in [0.25, 0.3) is 0 Å². The first kappa shape index (κ1) is 13.5. The summed E-state index contributed by atoms with van der Waals surface area (Å²) >= 11 is 0. The lowest BCUT2D eigenvalue weighted by molar-refractivity contribution is 0.254. The Hall–Kier alpha value is -0.890. The van der Waals surface area contributed by atoms with E-state index in [0.717, 1.165) is 12.0 Å². The van der Waals surface area contributed by atoms with Crippen molar-refractivity contribution in [1.82, 2.24) is 5.32 Å². The van der Waals surface area contributed by atoms with E-state index < -0.39 is 0 Å². The van der Waals surface area contributed by atoms with Gasteiger partial charge in [-0.15, -0.1) is 0 Å². The quantitative estimate of drug-likeness (QED) is 0.831. The molecule has 2 rings (SSSR count). The molecule has 0 saturated heterocycles. The first-order chi connectivity index (χ1) is 8.72. The molecule has 0 bridgehead atoms. The fourth-order valence-electron chi connectivity index (χ4n) is 3.01. The molecule has 1 fully saturated rings. The summed E-state index contributed by atoms with van der Waals surface area (Å²) in [6.45, 7) is 4.43. The number of hydrogen-bond donors (Lipinski definition) is 1. The van der Waals surface area contributed by atoms with Gasteiger partial charge in [-0.3, -0.25) is 0 Å². The third-order valence-corrected chi connectivity index (χ3v) is 4.22. The molecule has 0 heterocycles. The third kappa shape index (κ3) is 3.11. The minimum Gasteiger partial charge on any atom is -0.307 e. The van der Waals surface area contributed by atoms with Crippen molar-refractivity contribution in [1.29, 1.82) is 0 Å². The van der Waals surface area contributed by atoms with E-state index in [0.29, 0.717) is 12.0 Å². The van der Waals surface area contributed by atoms with Crippen LogP contribution < -0.4 is 5.32 Å². The van der Waals surface area contributed by atoms with Gasteiger partial charge in [-0.05, 0) is 31.2 Å². The lowest BCUT2D eigenvalue weighted by atomic mass is 9.85. The number of rotatable bonds is 4. The molecule has 3 unspecified atom stereocenters. The number of nitrogens with one attached hydrogen (secondary N) is 1. The molecule has 1 aromatic rings. The normalized spacial score (nSPS) is 25.9. The first-order valence-electron chi connectivity index (χ1n) is 7.22. The van der Waals surface area contributed by atoms with Crippen LogP contribution in [0.3, 0.4) is 0 Å². The highest BCUT2D eigenvalue weighted by Gasteiger charge is 2.24. The van der Waals surface area contributed by atoms with E-state index in [1.165, 1.54) is 25.7 Å². The van der Waals surface area contributed by atoms with Crippen molar-refractivity contribution in [3.8, 4) is 0 Å². The molecule has 0 aliphatic heterocycles. The molecule has 18 heavy (non-hydrogen) atoms. The van der Waals surface area contributed by atoms with E-state index in [1.54, 1.807) is 12.1 Å². The van der Waals surface area contributed by atoms with Gasteiger partial charge in [0.15, 0.2) is 0 Å². The fraction of sp³-hybridized carbons (Fsp3) is 0.625. The van der Waals surface area contributed by atoms with Crippen molar-refractivity contribution in [2.45, 2.75) is 58.0 Å². The third-order valence-electron chi connectivity index (χ3n) is 4.22. The summed E-state index contributed by atoms with van der Waals surface area (Å²) in [5.74, 6) is 0.625. The van der Waals surface area contributed by atoms with Crippen LogP contribution in [-0.4, -0.2) is 6.04 Å². The number of halogens is 1. The molecule has 1 aliphatic carbocycles. The van der Waals surface area contributed by atoms with Crippen LogP contribution in [0.2, 0.25) is 0 Å². The highest BCUT2D eigenvalue weighted by molar-refractivity contribution is 5.21. The Morgan fingerprint density at radius 1 is 1.28 bits per heavy atom. The highest BCUT2D eigenvalue weighted by atomic mass is 19.1. The molecule has 100 valence electrons. The molecule has 1 aliphatic rings. The molecule has 0 radical (unpaired) electrons. The highest BCUT2D eigenvalue weighted by Crippen LogP contribution is 2.28. The van der Waals surface area contributed by atoms with E-state index in [-0.39, 0.29) is 11.9 Å². The van der Waals surface area contributed by atoms with Crippen LogP contribution in [0.1, 0.15) is 57.6 Å². The van der Waals surface area contributed by atoms with Gasteiger partial charge in [0.05, 0.1) is 0 Å². The maximum absolute atomic E-state index is 13.8. The molecular formula is C16H24FN. The van der Waals surface area contributed by atoms with Crippen LogP contribution in [0.4, 0.5) is 4.39 Å². The first-order valence-corrected chi connectivity index (χ1v) is 7.22. The van der Waals surface area contributed by atoms with Crippen molar-refractivity contribution >= 4 is 0 Å². The van der Waals surface area contributed by atoms with Crippen molar-refractivity contribution < 1.29 is 4.39 Å². The summed E-state index contributed by atoms with van der Waals surface area (Å²) in [6, 6.07) is 7.84. The molecule has 1 N–H and O–H groups in total. The Morgan fingerprint density at radius 2 is 2.00 bits per heavy atom. The molecule has 1 aromatic carbocycles. The average molecular weight is 249 g/mol.